The number of carbonyl (C=O) groups excluding carboxylic acids is 1. The number of nitrogens with zero attached hydrogens (tertiary/aromatic N) is 2. The molecule has 1 aromatic carbocycles. The van der Waals surface area contributed by atoms with Gasteiger partial charge in [-0.05, 0) is 42.7 Å². The normalized spacial score (nSPS) is 10.8. The third kappa shape index (κ3) is 6.04. The summed E-state index contributed by atoms with van der Waals surface area (Å²) >= 11 is 0. The van der Waals surface area contributed by atoms with Gasteiger partial charge in [-0.1, -0.05) is 53.4 Å². The molecule has 0 aliphatic rings. The molecule has 0 unspecified atom stereocenters. The lowest BCUT2D eigenvalue weighted by Gasteiger charge is -2.05. The molecule has 0 radical (unpaired) electrons. The highest BCUT2D eigenvalue weighted by Gasteiger charge is 2.16. The molecule has 0 spiro atoms. The van der Waals surface area contributed by atoms with Gasteiger partial charge in [0.15, 0.2) is 5.65 Å². The van der Waals surface area contributed by atoms with Crippen molar-refractivity contribution in [3.63, 3.8) is 0 Å². The highest BCUT2D eigenvalue weighted by molar-refractivity contribution is 6.06. The van der Waals surface area contributed by atoms with Gasteiger partial charge in [-0.2, -0.15) is 5.10 Å². The second-order valence-corrected chi connectivity index (χ2v) is 7.61. The van der Waals surface area contributed by atoms with Crippen LogP contribution in [0.3, 0.4) is 0 Å². The third-order valence-electron chi connectivity index (χ3n) is 4.77. The molecule has 0 aliphatic carbocycles. The van der Waals surface area contributed by atoms with Crippen LogP contribution in [0.15, 0.2) is 30.3 Å². The van der Waals surface area contributed by atoms with E-state index in [0.717, 1.165) is 17.2 Å². The van der Waals surface area contributed by atoms with Gasteiger partial charge in [0.2, 0.25) is 5.91 Å². The molecule has 6 nitrogen and oxygen atoms in total. The Morgan fingerprint density at radius 1 is 1.17 bits per heavy atom. The molecule has 29 heavy (non-hydrogen) atoms. The standard InChI is InChI=1S/C15H14N4O2.C8H18/c1-2-11-13-10(14(16)21)7-12(17-15(13)19-18-11)8-3-5-9(20)6-4-8;1-4-5-6-7-8(2)3/h3-7,20H,2H2,1H3,(H2,16,21)(H,17,18,19);8H,4-7H2,1-3H3. The van der Waals surface area contributed by atoms with Crippen LogP contribution in [0, 0.1) is 5.92 Å². The smallest absolute Gasteiger partial charge is 0.249 e. The Hall–Kier alpha value is -2.89. The highest BCUT2D eigenvalue weighted by Crippen LogP contribution is 2.27. The van der Waals surface area contributed by atoms with E-state index in [4.69, 9.17) is 5.73 Å². The van der Waals surface area contributed by atoms with Crippen LogP contribution in [0.2, 0.25) is 0 Å². The van der Waals surface area contributed by atoms with E-state index in [2.05, 4.69) is 36.0 Å². The van der Waals surface area contributed by atoms with Crippen LogP contribution in [0.25, 0.3) is 22.3 Å². The average molecular weight is 397 g/mol. The number of pyridine rings is 1. The fourth-order valence-electron chi connectivity index (χ4n) is 3.12. The van der Waals surface area contributed by atoms with E-state index in [9.17, 15) is 9.90 Å². The molecule has 0 saturated heterocycles. The van der Waals surface area contributed by atoms with Crippen LogP contribution in [-0.4, -0.2) is 26.2 Å². The van der Waals surface area contributed by atoms with Gasteiger partial charge in [0.25, 0.3) is 0 Å². The number of nitrogens with one attached hydrogen (secondary N) is 1. The van der Waals surface area contributed by atoms with Crippen molar-refractivity contribution in [2.45, 2.75) is 59.8 Å². The molecule has 6 heteroatoms. The van der Waals surface area contributed by atoms with E-state index in [0.29, 0.717) is 28.7 Å². The van der Waals surface area contributed by atoms with E-state index in [-0.39, 0.29) is 5.75 Å². The lowest BCUT2D eigenvalue weighted by molar-refractivity contribution is 0.100. The first-order chi connectivity index (χ1) is 13.9. The van der Waals surface area contributed by atoms with E-state index in [1.54, 1.807) is 30.3 Å². The van der Waals surface area contributed by atoms with Crippen LogP contribution in [0.4, 0.5) is 0 Å². The number of phenolic OH excluding ortho intramolecular Hbond substituents is 1. The number of primary amides is 1. The van der Waals surface area contributed by atoms with Crippen molar-refractivity contribution in [3.05, 3.63) is 41.6 Å². The molecule has 3 rings (SSSR count). The zero-order valence-electron chi connectivity index (χ0n) is 17.8. The Balaban J connectivity index is 0.000000321. The highest BCUT2D eigenvalue weighted by atomic mass is 16.3. The summed E-state index contributed by atoms with van der Waals surface area (Å²) in [6.07, 6.45) is 6.31. The second kappa shape index (κ2) is 10.6. The summed E-state index contributed by atoms with van der Waals surface area (Å²) < 4.78 is 0. The van der Waals surface area contributed by atoms with Gasteiger partial charge in [0, 0.05) is 11.3 Å². The molecule has 4 N–H and O–H groups in total. The van der Waals surface area contributed by atoms with Crippen LogP contribution in [0.5, 0.6) is 5.75 Å². The molecular formula is C23H32N4O2. The first-order valence-corrected chi connectivity index (χ1v) is 10.3. The number of rotatable bonds is 7. The number of amides is 1. The van der Waals surface area contributed by atoms with E-state index < -0.39 is 5.91 Å². The molecule has 1 amide bonds. The Labute approximate surface area is 172 Å². The maximum absolute atomic E-state index is 11.7. The van der Waals surface area contributed by atoms with Gasteiger partial charge in [-0.15, -0.1) is 0 Å². The number of H-pyrrole nitrogens is 1. The largest absolute Gasteiger partial charge is 0.508 e. The van der Waals surface area contributed by atoms with Crippen molar-refractivity contribution in [1.82, 2.24) is 15.2 Å². The monoisotopic (exact) mass is 396 g/mol. The predicted molar refractivity (Wildman–Crippen MR) is 118 cm³/mol. The average Bonchev–Trinajstić information content (AvgIpc) is 3.11. The summed E-state index contributed by atoms with van der Waals surface area (Å²) in [6.45, 7) is 8.79. The number of hydrogen-bond donors (Lipinski definition) is 3. The number of carbonyl (C=O) groups is 1. The predicted octanol–water partition coefficient (Wildman–Crippen LogP) is 5.21. The number of nitrogens with two attached hydrogens (primary N) is 1. The van der Waals surface area contributed by atoms with Gasteiger partial charge < -0.3 is 10.8 Å². The van der Waals surface area contributed by atoms with Crippen LogP contribution < -0.4 is 5.73 Å². The molecule has 0 aliphatic heterocycles. The molecule has 2 aromatic heterocycles. The Kier molecular flexibility index (Phi) is 8.19. The van der Waals surface area contributed by atoms with E-state index in [1.807, 2.05) is 6.92 Å². The van der Waals surface area contributed by atoms with Crippen molar-refractivity contribution in [2.75, 3.05) is 0 Å². The maximum atomic E-state index is 11.7. The summed E-state index contributed by atoms with van der Waals surface area (Å²) in [5, 5.41) is 17.0. The third-order valence-corrected chi connectivity index (χ3v) is 4.77. The van der Waals surface area contributed by atoms with Crippen LogP contribution in [-0.2, 0) is 6.42 Å². The number of aromatic hydroxyl groups is 1. The molecule has 0 saturated carbocycles. The molecule has 0 atom stereocenters. The minimum absolute atomic E-state index is 0.169. The first-order valence-electron chi connectivity index (χ1n) is 10.3. The zero-order chi connectivity index (χ0) is 21.4. The van der Waals surface area contributed by atoms with Crippen molar-refractivity contribution in [3.8, 4) is 17.0 Å². The zero-order valence-corrected chi connectivity index (χ0v) is 17.8. The first kappa shape index (κ1) is 22.4. The van der Waals surface area contributed by atoms with Crippen LogP contribution >= 0.6 is 0 Å². The lowest BCUT2D eigenvalue weighted by Crippen LogP contribution is -2.12. The molecule has 3 aromatic rings. The van der Waals surface area contributed by atoms with Crippen molar-refractivity contribution in [1.29, 1.82) is 0 Å². The number of hydrogen-bond acceptors (Lipinski definition) is 4. The van der Waals surface area contributed by atoms with Crippen molar-refractivity contribution < 1.29 is 9.90 Å². The summed E-state index contributed by atoms with van der Waals surface area (Å²) in [4.78, 5) is 16.2. The Morgan fingerprint density at radius 3 is 2.41 bits per heavy atom. The van der Waals surface area contributed by atoms with Crippen LogP contribution in [0.1, 0.15) is 69.4 Å². The molecule has 2 heterocycles. The fraction of sp³-hybridized carbons (Fsp3) is 0.435. The number of aromatic amines is 1. The van der Waals surface area contributed by atoms with Gasteiger partial charge in [-0.3, -0.25) is 9.89 Å². The summed E-state index contributed by atoms with van der Waals surface area (Å²) in [7, 11) is 0. The van der Waals surface area contributed by atoms with Crippen molar-refractivity contribution >= 4 is 16.9 Å². The summed E-state index contributed by atoms with van der Waals surface area (Å²) in [6, 6.07) is 8.23. The minimum Gasteiger partial charge on any atom is -0.508 e. The minimum atomic E-state index is -0.515. The van der Waals surface area contributed by atoms with Gasteiger partial charge >= 0.3 is 0 Å². The van der Waals surface area contributed by atoms with Gasteiger partial charge in [0.05, 0.1) is 16.6 Å². The van der Waals surface area contributed by atoms with Gasteiger partial charge in [0.1, 0.15) is 5.75 Å². The molecule has 0 bridgehead atoms. The summed E-state index contributed by atoms with van der Waals surface area (Å²) in [5.41, 5.74) is 8.55. The van der Waals surface area contributed by atoms with Crippen molar-refractivity contribution in [2.24, 2.45) is 11.7 Å². The summed E-state index contributed by atoms with van der Waals surface area (Å²) in [5.74, 6) is 0.558. The number of fused-ring (bicyclic) bond motifs is 1. The SMILES string of the molecule is CCCCCC(C)C.CCc1[nH]nc2nc(-c3ccc(O)cc3)cc(C(N)=O)c12. The quantitative estimate of drug-likeness (QED) is 0.476. The number of aryl methyl sites for hydroxylation is 1. The lowest BCUT2D eigenvalue weighted by atomic mass is 10.0. The fourth-order valence-corrected chi connectivity index (χ4v) is 3.12. The molecule has 0 fully saturated rings. The Morgan fingerprint density at radius 2 is 1.86 bits per heavy atom. The number of phenols is 1. The van der Waals surface area contributed by atoms with Gasteiger partial charge in [-0.25, -0.2) is 4.98 Å². The molecule has 156 valence electrons. The number of benzene rings is 1. The topological polar surface area (TPSA) is 105 Å². The second-order valence-electron chi connectivity index (χ2n) is 7.61. The van der Waals surface area contributed by atoms with E-state index >= 15 is 0 Å². The number of aromatic nitrogens is 3. The molecular weight excluding hydrogens is 364 g/mol. The Bertz CT molecular complexity index is 930. The van der Waals surface area contributed by atoms with E-state index in [1.165, 1.54) is 25.7 Å². The number of unbranched alkanes of at least 4 members (excludes halogenated alkanes) is 2. The maximum Gasteiger partial charge on any atom is 0.249 e.